The van der Waals surface area contributed by atoms with Gasteiger partial charge >= 0.3 is 0 Å². The molecule has 0 aliphatic carbocycles. The van der Waals surface area contributed by atoms with Crippen LogP contribution >= 0.6 is 23.5 Å². The number of amides is 1. The Morgan fingerprint density at radius 3 is 2.52 bits per heavy atom. The van der Waals surface area contributed by atoms with Crippen molar-refractivity contribution in [2.75, 3.05) is 24.7 Å². The van der Waals surface area contributed by atoms with Gasteiger partial charge in [-0.2, -0.15) is 0 Å². The monoisotopic (exact) mass is 373 g/mol. The number of hydrogen-bond acceptors (Lipinski definition) is 5. The third kappa shape index (κ3) is 3.90. The van der Waals surface area contributed by atoms with Gasteiger partial charge in [-0.3, -0.25) is 4.79 Å². The minimum Gasteiger partial charge on any atom is -0.486 e. The SMILES string of the molecule is O=C(NC[C@@H]1COc2ccccc2O1)c1ccc(C2SCCS2)cc1. The maximum absolute atomic E-state index is 12.3. The van der Waals surface area contributed by atoms with Gasteiger partial charge in [-0.25, -0.2) is 0 Å². The van der Waals surface area contributed by atoms with E-state index >= 15 is 0 Å². The maximum Gasteiger partial charge on any atom is 0.251 e. The average molecular weight is 373 g/mol. The van der Waals surface area contributed by atoms with Crippen LogP contribution in [0.3, 0.4) is 0 Å². The summed E-state index contributed by atoms with van der Waals surface area (Å²) in [6.45, 7) is 0.857. The van der Waals surface area contributed by atoms with Crippen LogP contribution in [-0.2, 0) is 0 Å². The second-order valence-corrected chi connectivity index (χ2v) is 8.63. The Hall–Kier alpha value is -1.79. The lowest BCUT2D eigenvalue weighted by Crippen LogP contribution is -2.40. The van der Waals surface area contributed by atoms with Gasteiger partial charge < -0.3 is 14.8 Å². The molecule has 1 fully saturated rings. The number of hydrogen-bond donors (Lipinski definition) is 1. The van der Waals surface area contributed by atoms with Gasteiger partial charge in [0.2, 0.25) is 0 Å². The predicted octanol–water partition coefficient (Wildman–Crippen LogP) is 3.74. The van der Waals surface area contributed by atoms with E-state index in [0.717, 1.165) is 11.5 Å². The molecule has 1 N–H and O–H groups in total. The van der Waals surface area contributed by atoms with Gasteiger partial charge in [-0.15, -0.1) is 23.5 Å². The van der Waals surface area contributed by atoms with E-state index in [9.17, 15) is 4.79 Å². The zero-order valence-corrected chi connectivity index (χ0v) is 15.3. The minimum absolute atomic E-state index is 0.0827. The van der Waals surface area contributed by atoms with Gasteiger partial charge in [-0.1, -0.05) is 24.3 Å². The molecule has 0 spiro atoms. The summed E-state index contributed by atoms with van der Waals surface area (Å²) in [7, 11) is 0. The van der Waals surface area contributed by atoms with E-state index < -0.39 is 0 Å². The van der Waals surface area contributed by atoms with Crippen LogP contribution in [0.4, 0.5) is 0 Å². The number of fused-ring (bicyclic) bond motifs is 1. The highest BCUT2D eigenvalue weighted by molar-refractivity contribution is 8.19. The highest BCUT2D eigenvalue weighted by Crippen LogP contribution is 2.45. The lowest BCUT2D eigenvalue weighted by atomic mass is 10.1. The van der Waals surface area contributed by atoms with Crippen molar-refractivity contribution in [2.45, 2.75) is 10.7 Å². The Morgan fingerprint density at radius 2 is 1.76 bits per heavy atom. The van der Waals surface area contributed by atoms with E-state index in [1.807, 2.05) is 59.9 Å². The van der Waals surface area contributed by atoms with E-state index in [4.69, 9.17) is 9.47 Å². The molecule has 1 saturated heterocycles. The number of rotatable bonds is 4. The first kappa shape index (κ1) is 16.7. The van der Waals surface area contributed by atoms with Gasteiger partial charge in [0.25, 0.3) is 5.91 Å². The van der Waals surface area contributed by atoms with Crippen molar-refractivity contribution in [2.24, 2.45) is 0 Å². The Bertz CT molecular complexity index is 745. The highest BCUT2D eigenvalue weighted by Gasteiger charge is 2.22. The molecular formula is C19H19NO3S2. The minimum atomic E-state index is -0.176. The fraction of sp³-hybridized carbons (Fsp3) is 0.316. The first-order chi connectivity index (χ1) is 12.3. The van der Waals surface area contributed by atoms with Crippen molar-refractivity contribution in [1.29, 1.82) is 0 Å². The molecule has 0 bridgehead atoms. The Balaban J connectivity index is 1.32. The molecule has 4 rings (SSSR count). The van der Waals surface area contributed by atoms with E-state index in [2.05, 4.69) is 17.4 Å². The van der Waals surface area contributed by atoms with Crippen LogP contribution in [0.25, 0.3) is 0 Å². The number of thioether (sulfide) groups is 2. The summed E-state index contributed by atoms with van der Waals surface area (Å²) in [6.07, 6.45) is -0.176. The number of carbonyl (C=O) groups is 1. The molecule has 1 amide bonds. The Kier molecular flexibility index (Phi) is 5.08. The van der Waals surface area contributed by atoms with Gasteiger partial charge in [0.05, 0.1) is 11.1 Å². The van der Waals surface area contributed by atoms with Crippen molar-refractivity contribution in [3.63, 3.8) is 0 Å². The van der Waals surface area contributed by atoms with Gasteiger partial charge in [0.15, 0.2) is 11.5 Å². The van der Waals surface area contributed by atoms with Crippen LogP contribution in [0.2, 0.25) is 0 Å². The number of benzene rings is 2. The lowest BCUT2D eigenvalue weighted by molar-refractivity contribution is 0.0789. The van der Waals surface area contributed by atoms with Crippen molar-refractivity contribution < 1.29 is 14.3 Å². The zero-order chi connectivity index (χ0) is 17.1. The molecule has 0 unspecified atom stereocenters. The zero-order valence-electron chi connectivity index (χ0n) is 13.6. The summed E-state index contributed by atoms with van der Waals surface area (Å²) >= 11 is 3.93. The second-order valence-electron chi connectivity index (χ2n) is 5.90. The molecule has 0 aromatic heterocycles. The molecule has 0 radical (unpaired) electrons. The topological polar surface area (TPSA) is 47.6 Å². The van der Waals surface area contributed by atoms with Crippen molar-refractivity contribution in [1.82, 2.24) is 5.32 Å². The smallest absolute Gasteiger partial charge is 0.251 e. The van der Waals surface area contributed by atoms with E-state index in [1.54, 1.807) is 0 Å². The van der Waals surface area contributed by atoms with Crippen molar-refractivity contribution in [3.8, 4) is 11.5 Å². The van der Waals surface area contributed by atoms with E-state index in [-0.39, 0.29) is 12.0 Å². The lowest BCUT2D eigenvalue weighted by Gasteiger charge is -2.26. The molecule has 4 nitrogen and oxygen atoms in total. The number of nitrogens with one attached hydrogen (secondary N) is 1. The quantitative estimate of drug-likeness (QED) is 0.885. The molecular weight excluding hydrogens is 354 g/mol. The number of carbonyl (C=O) groups excluding carboxylic acids is 1. The van der Waals surface area contributed by atoms with Crippen LogP contribution < -0.4 is 14.8 Å². The maximum atomic E-state index is 12.3. The van der Waals surface area contributed by atoms with Crippen molar-refractivity contribution in [3.05, 3.63) is 59.7 Å². The summed E-state index contributed by atoms with van der Waals surface area (Å²) in [5, 5.41) is 2.93. The second kappa shape index (κ2) is 7.62. The van der Waals surface area contributed by atoms with E-state index in [1.165, 1.54) is 17.1 Å². The molecule has 130 valence electrons. The summed E-state index contributed by atoms with van der Waals surface area (Å²) < 4.78 is 12.0. The summed E-state index contributed by atoms with van der Waals surface area (Å²) in [6, 6.07) is 15.5. The van der Waals surface area contributed by atoms with Crippen LogP contribution in [0.5, 0.6) is 11.5 Å². The van der Waals surface area contributed by atoms with Crippen LogP contribution in [0, 0.1) is 0 Å². The fourth-order valence-electron chi connectivity index (χ4n) is 2.81. The van der Waals surface area contributed by atoms with Crippen LogP contribution in [-0.4, -0.2) is 36.7 Å². The third-order valence-corrected chi connectivity index (χ3v) is 7.23. The standard InChI is InChI=1S/C19H19NO3S2/c21-18(13-5-7-14(8-6-13)19-24-9-10-25-19)20-11-15-12-22-16-3-1-2-4-17(16)23-15/h1-8,15,19H,9-12H2,(H,20,21)/t15-/m1/s1. The molecule has 2 heterocycles. The molecule has 6 heteroatoms. The molecule has 2 aromatic carbocycles. The fourth-order valence-corrected chi connectivity index (χ4v) is 5.67. The largest absolute Gasteiger partial charge is 0.486 e. The first-order valence-corrected chi connectivity index (χ1v) is 10.4. The summed E-state index contributed by atoms with van der Waals surface area (Å²) in [5.41, 5.74) is 1.96. The molecule has 2 aromatic rings. The Labute approximate surface area is 155 Å². The van der Waals surface area contributed by atoms with E-state index in [0.29, 0.717) is 23.3 Å². The van der Waals surface area contributed by atoms with Gasteiger partial charge in [0, 0.05) is 17.1 Å². The Morgan fingerprint density at radius 1 is 1.04 bits per heavy atom. The van der Waals surface area contributed by atoms with Gasteiger partial charge in [-0.05, 0) is 29.8 Å². The molecule has 1 atom stereocenters. The molecule has 25 heavy (non-hydrogen) atoms. The normalized spacial score (nSPS) is 19.6. The number of para-hydroxylation sites is 2. The van der Waals surface area contributed by atoms with Crippen LogP contribution in [0.1, 0.15) is 20.5 Å². The average Bonchev–Trinajstić information content (AvgIpc) is 3.21. The molecule has 2 aliphatic heterocycles. The first-order valence-electron chi connectivity index (χ1n) is 8.29. The van der Waals surface area contributed by atoms with Gasteiger partial charge in [0.1, 0.15) is 12.7 Å². The summed E-state index contributed by atoms with van der Waals surface area (Å²) in [4.78, 5) is 12.3. The van der Waals surface area contributed by atoms with Crippen molar-refractivity contribution >= 4 is 29.4 Å². The predicted molar refractivity (Wildman–Crippen MR) is 103 cm³/mol. The summed E-state index contributed by atoms with van der Waals surface area (Å²) in [5.74, 6) is 3.79. The molecule has 2 aliphatic rings. The molecule has 0 saturated carbocycles. The third-order valence-electron chi connectivity index (χ3n) is 4.12. The highest BCUT2D eigenvalue weighted by atomic mass is 32.2. The number of ether oxygens (including phenoxy) is 2. The van der Waals surface area contributed by atoms with Crippen LogP contribution in [0.15, 0.2) is 48.5 Å².